The molecular formula is C7H15NO6S. The van der Waals surface area contributed by atoms with Crippen LogP contribution in [0.3, 0.4) is 0 Å². The number of aliphatic hydroxyl groups excluding tert-OH is 1. The van der Waals surface area contributed by atoms with Gasteiger partial charge in [0, 0.05) is 13.7 Å². The SMILES string of the molecule is COCCS(=O)(=O)NCCC(O)C(=O)O. The molecule has 0 aromatic rings. The fraction of sp³-hybridized carbons (Fsp3) is 0.857. The van der Waals surface area contributed by atoms with Gasteiger partial charge in [-0.05, 0) is 6.42 Å². The second-order valence-corrected chi connectivity index (χ2v) is 4.78. The van der Waals surface area contributed by atoms with E-state index in [-0.39, 0.29) is 25.3 Å². The highest BCUT2D eigenvalue weighted by molar-refractivity contribution is 7.89. The molecule has 8 heteroatoms. The van der Waals surface area contributed by atoms with E-state index in [1.165, 1.54) is 7.11 Å². The second-order valence-electron chi connectivity index (χ2n) is 2.85. The Kier molecular flexibility index (Phi) is 6.41. The molecule has 1 atom stereocenters. The molecule has 0 bridgehead atoms. The van der Waals surface area contributed by atoms with Crippen molar-refractivity contribution < 1.29 is 28.2 Å². The van der Waals surface area contributed by atoms with Crippen molar-refractivity contribution in [3.63, 3.8) is 0 Å². The van der Waals surface area contributed by atoms with Crippen molar-refractivity contribution in [3.05, 3.63) is 0 Å². The number of nitrogens with one attached hydrogen (secondary N) is 1. The zero-order valence-electron chi connectivity index (χ0n) is 8.34. The van der Waals surface area contributed by atoms with Crippen LogP contribution in [0.5, 0.6) is 0 Å². The lowest BCUT2D eigenvalue weighted by Gasteiger charge is -2.07. The van der Waals surface area contributed by atoms with Gasteiger partial charge in [0.05, 0.1) is 12.4 Å². The van der Waals surface area contributed by atoms with Crippen LogP contribution in [0.1, 0.15) is 6.42 Å². The van der Waals surface area contributed by atoms with Crippen molar-refractivity contribution in [2.45, 2.75) is 12.5 Å². The molecule has 0 saturated carbocycles. The molecule has 0 spiro atoms. The zero-order valence-corrected chi connectivity index (χ0v) is 9.16. The fourth-order valence-electron chi connectivity index (χ4n) is 0.740. The highest BCUT2D eigenvalue weighted by atomic mass is 32.2. The molecule has 0 aliphatic heterocycles. The molecule has 0 rings (SSSR count). The molecule has 0 aromatic carbocycles. The Morgan fingerprint density at radius 1 is 1.53 bits per heavy atom. The minimum atomic E-state index is -3.44. The van der Waals surface area contributed by atoms with E-state index in [0.29, 0.717) is 0 Å². The number of hydrogen-bond acceptors (Lipinski definition) is 5. The molecule has 0 radical (unpaired) electrons. The van der Waals surface area contributed by atoms with Crippen LogP contribution in [0.4, 0.5) is 0 Å². The van der Waals surface area contributed by atoms with Gasteiger partial charge in [0.25, 0.3) is 0 Å². The van der Waals surface area contributed by atoms with E-state index in [1.54, 1.807) is 0 Å². The molecule has 0 amide bonds. The van der Waals surface area contributed by atoms with Gasteiger partial charge in [0.15, 0.2) is 6.10 Å². The number of hydrogen-bond donors (Lipinski definition) is 3. The van der Waals surface area contributed by atoms with Crippen molar-refractivity contribution in [2.24, 2.45) is 0 Å². The molecule has 90 valence electrons. The van der Waals surface area contributed by atoms with Crippen LogP contribution < -0.4 is 4.72 Å². The summed E-state index contributed by atoms with van der Waals surface area (Å²) in [5.74, 6) is -1.56. The van der Waals surface area contributed by atoms with E-state index in [9.17, 15) is 13.2 Å². The first kappa shape index (κ1) is 14.3. The molecule has 0 fully saturated rings. The van der Waals surface area contributed by atoms with Crippen molar-refractivity contribution in [1.29, 1.82) is 0 Å². The molecule has 0 aromatic heterocycles. The summed E-state index contributed by atoms with van der Waals surface area (Å²) in [5, 5.41) is 17.1. The summed E-state index contributed by atoms with van der Waals surface area (Å²) in [5.41, 5.74) is 0. The molecule has 15 heavy (non-hydrogen) atoms. The van der Waals surface area contributed by atoms with Crippen molar-refractivity contribution in [1.82, 2.24) is 4.72 Å². The normalized spacial score (nSPS) is 13.7. The molecule has 0 aliphatic rings. The summed E-state index contributed by atoms with van der Waals surface area (Å²) in [6.07, 6.45) is -1.71. The van der Waals surface area contributed by atoms with E-state index < -0.39 is 22.1 Å². The summed E-state index contributed by atoms with van der Waals surface area (Å²) >= 11 is 0. The summed E-state index contributed by atoms with van der Waals surface area (Å²) in [6, 6.07) is 0. The van der Waals surface area contributed by atoms with Crippen molar-refractivity contribution in [3.8, 4) is 0 Å². The third-order valence-electron chi connectivity index (χ3n) is 1.58. The predicted molar refractivity (Wildman–Crippen MR) is 51.9 cm³/mol. The minimum Gasteiger partial charge on any atom is -0.479 e. The number of carbonyl (C=O) groups is 1. The van der Waals surface area contributed by atoms with E-state index in [1.807, 2.05) is 0 Å². The lowest BCUT2D eigenvalue weighted by Crippen LogP contribution is -2.32. The van der Waals surface area contributed by atoms with Gasteiger partial charge in [-0.15, -0.1) is 0 Å². The Bertz CT molecular complexity index is 288. The number of rotatable bonds is 8. The maximum absolute atomic E-state index is 11.1. The molecule has 0 heterocycles. The third kappa shape index (κ3) is 7.25. The number of sulfonamides is 1. The topological polar surface area (TPSA) is 113 Å². The van der Waals surface area contributed by atoms with Gasteiger partial charge >= 0.3 is 5.97 Å². The van der Waals surface area contributed by atoms with Crippen LogP contribution in [-0.2, 0) is 19.6 Å². The van der Waals surface area contributed by atoms with Gasteiger partial charge in [0.1, 0.15) is 0 Å². The van der Waals surface area contributed by atoms with Gasteiger partial charge in [0.2, 0.25) is 10.0 Å². The first-order valence-electron chi connectivity index (χ1n) is 4.26. The Labute approximate surface area is 88.1 Å². The predicted octanol–water partition coefficient (Wildman–Crippen LogP) is -1.61. The van der Waals surface area contributed by atoms with Gasteiger partial charge in [-0.2, -0.15) is 0 Å². The molecule has 1 unspecified atom stereocenters. The number of carboxylic acids is 1. The van der Waals surface area contributed by atoms with Crippen LogP contribution >= 0.6 is 0 Å². The number of aliphatic hydroxyl groups is 1. The van der Waals surface area contributed by atoms with Gasteiger partial charge in [-0.3, -0.25) is 0 Å². The van der Waals surface area contributed by atoms with Crippen LogP contribution in [0.25, 0.3) is 0 Å². The third-order valence-corrected chi connectivity index (χ3v) is 2.93. The van der Waals surface area contributed by atoms with Crippen LogP contribution in [0, 0.1) is 0 Å². The van der Waals surface area contributed by atoms with Crippen LogP contribution in [0.15, 0.2) is 0 Å². The van der Waals surface area contributed by atoms with Crippen molar-refractivity contribution >= 4 is 16.0 Å². The smallest absolute Gasteiger partial charge is 0.332 e. The van der Waals surface area contributed by atoms with Crippen LogP contribution in [-0.4, -0.2) is 56.7 Å². The molecular weight excluding hydrogens is 226 g/mol. The number of aliphatic carboxylic acids is 1. The van der Waals surface area contributed by atoms with E-state index in [4.69, 9.17) is 10.2 Å². The fourth-order valence-corrected chi connectivity index (χ4v) is 1.70. The summed E-state index contributed by atoms with van der Waals surface area (Å²) < 4.78 is 29.0. The molecule has 0 saturated heterocycles. The standard InChI is InChI=1S/C7H15NO6S/c1-14-4-5-15(12,13)8-3-2-6(9)7(10)11/h6,8-9H,2-5H2,1H3,(H,10,11). The van der Waals surface area contributed by atoms with E-state index >= 15 is 0 Å². The van der Waals surface area contributed by atoms with Gasteiger partial charge < -0.3 is 14.9 Å². The highest BCUT2D eigenvalue weighted by Crippen LogP contribution is 1.92. The summed E-state index contributed by atoms with van der Waals surface area (Å²) in [7, 11) is -2.07. The minimum absolute atomic E-state index is 0.0663. The monoisotopic (exact) mass is 241 g/mol. The number of methoxy groups -OCH3 is 1. The van der Waals surface area contributed by atoms with E-state index in [0.717, 1.165) is 0 Å². The highest BCUT2D eigenvalue weighted by Gasteiger charge is 2.15. The van der Waals surface area contributed by atoms with E-state index in [2.05, 4.69) is 9.46 Å². The lowest BCUT2D eigenvalue weighted by atomic mass is 10.3. The summed E-state index contributed by atoms with van der Waals surface area (Å²) in [6.45, 7) is -0.0453. The number of ether oxygens (including phenoxy) is 1. The maximum atomic E-state index is 11.1. The Morgan fingerprint density at radius 2 is 2.13 bits per heavy atom. The molecule has 7 nitrogen and oxygen atoms in total. The molecule has 0 aliphatic carbocycles. The first-order chi connectivity index (χ1) is 6.89. The maximum Gasteiger partial charge on any atom is 0.332 e. The molecule has 3 N–H and O–H groups in total. The average Bonchev–Trinajstić information content (AvgIpc) is 2.14. The Morgan fingerprint density at radius 3 is 2.60 bits per heavy atom. The second kappa shape index (κ2) is 6.72. The quantitative estimate of drug-likeness (QED) is 0.471. The number of carboxylic acid groups (broad SMARTS) is 1. The first-order valence-corrected chi connectivity index (χ1v) is 5.91. The summed E-state index contributed by atoms with van der Waals surface area (Å²) in [4.78, 5) is 10.2. The Hall–Kier alpha value is -0.700. The largest absolute Gasteiger partial charge is 0.479 e. The van der Waals surface area contributed by atoms with Gasteiger partial charge in [-0.1, -0.05) is 0 Å². The average molecular weight is 241 g/mol. The van der Waals surface area contributed by atoms with Crippen LogP contribution in [0.2, 0.25) is 0 Å². The zero-order chi connectivity index (χ0) is 11.9. The van der Waals surface area contributed by atoms with Gasteiger partial charge in [-0.25, -0.2) is 17.9 Å². The Balaban J connectivity index is 3.80. The van der Waals surface area contributed by atoms with Crippen molar-refractivity contribution in [2.75, 3.05) is 26.0 Å². The lowest BCUT2D eigenvalue weighted by molar-refractivity contribution is -0.146.